The number of hydrogen-bond donors (Lipinski definition) is 2. The van der Waals surface area contributed by atoms with Crippen molar-refractivity contribution in [3.05, 3.63) is 95.1 Å². The summed E-state index contributed by atoms with van der Waals surface area (Å²) in [7, 11) is -16.6. The summed E-state index contributed by atoms with van der Waals surface area (Å²) in [6, 6.07) is 25.2. The number of aromatic hydroxyl groups is 2. The molecule has 0 bridgehead atoms. The first-order valence-corrected chi connectivity index (χ1v) is 41.5. The van der Waals surface area contributed by atoms with Crippen LogP contribution in [0.3, 0.4) is 0 Å². The minimum Gasteiger partial charge on any atom is -0.505 e. The van der Waals surface area contributed by atoms with E-state index in [2.05, 4.69) is 59.7 Å². The molecule has 1 fully saturated rings. The van der Waals surface area contributed by atoms with Gasteiger partial charge in [0.05, 0.1) is 0 Å². The van der Waals surface area contributed by atoms with Crippen molar-refractivity contribution in [1.29, 1.82) is 0 Å². The minimum absolute atomic E-state index is 0.142. The third kappa shape index (κ3) is 14.3. The van der Waals surface area contributed by atoms with Crippen LogP contribution in [0.4, 0.5) is 0 Å². The highest BCUT2D eigenvalue weighted by molar-refractivity contribution is 6.90. The highest BCUT2D eigenvalue weighted by Crippen LogP contribution is 2.40. The number of aryl methyl sites for hydroxylation is 4. The first-order valence-electron chi connectivity index (χ1n) is 25.3. The van der Waals surface area contributed by atoms with Crippen LogP contribution in [0.5, 0.6) is 11.5 Å². The molecule has 410 valence electrons. The van der Waals surface area contributed by atoms with Crippen LogP contribution in [0.15, 0.2) is 72.8 Å². The van der Waals surface area contributed by atoms with Crippen LogP contribution in [0.1, 0.15) is 48.9 Å². The molecule has 75 heavy (non-hydrogen) atoms. The molecule has 0 atom stereocenters. The molecule has 3 heterocycles. The monoisotopic (exact) mass is 1160 g/mol. The zero-order valence-corrected chi connectivity index (χ0v) is 53.1. The fourth-order valence-corrected chi connectivity index (χ4v) is 37.5. The van der Waals surface area contributed by atoms with E-state index in [0.717, 1.165) is 44.3 Å². The van der Waals surface area contributed by atoms with Gasteiger partial charge in [0.25, 0.3) is 0 Å². The van der Waals surface area contributed by atoms with Crippen LogP contribution >= 0.6 is 0 Å². The Labute approximate surface area is 448 Å². The molecule has 0 amide bonds. The van der Waals surface area contributed by atoms with Crippen molar-refractivity contribution in [2.75, 3.05) is 35.5 Å². The van der Waals surface area contributed by atoms with Gasteiger partial charge in [-0.3, -0.25) is 0 Å². The van der Waals surface area contributed by atoms with Crippen molar-refractivity contribution in [2.45, 2.75) is 123 Å². The number of nitrogens with zero attached hydrogens (tertiary/aromatic N) is 6. The van der Waals surface area contributed by atoms with Crippen molar-refractivity contribution < 1.29 is 61.5 Å². The Kier molecular flexibility index (Phi) is 18.7. The summed E-state index contributed by atoms with van der Waals surface area (Å²) in [5, 5.41) is 42.0. The van der Waals surface area contributed by atoms with Crippen LogP contribution in [-0.2, 0) is 64.1 Å². The third-order valence-corrected chi connectivity index (χ3v) is 38.3. The molecule has 0 radical (unpaired) electrons. The number of rotatable bonds is 26. The lowest BCUT2D eigenvalue weighted by molar-refractivity contribution is -0.0553. The zero-order chi connectivity index (χ0) is 54.6. The van der Waals surface area contributed by atoms with Gasteiger partial charge in [0.15, 0.2) is 25.0 Å². The maximum Gasteiger partial charge on any atom is 0.665 e. The van der Waals surface area contributed by atoms with E-state index in [1.165, 1.54) is 45.1 Å². The molecule has 1 aliphatic heterocycles. The summed E-state index contributed by atoms with van der Waals surface area (Å²) in [6.07, 6.45) is 2.25. The first-order chi connectivity index (χ1) is 35.3. The number of aromatic nitrogens is 6. The fraction of sp³-hybridized carbons (Fsp3) is 0.500. The van der Waals surface area contributed by atoms with E-state index in [4.69, 9.17) is 51.2 Å². The van der Waals surface area contributed by atoms with Gasteiger partial charge in [0.1, 0.15) is 44.9 Å². The van der Waals surface area contributed by atoms with E-state index in [-0.39, 0.29) is 23.6 Å². The van der Waals surface area contributed by atoms with Crippen molar-refractivity contribution >= 4 is 83.0 Å². The molecule has 2 N–H and O–H groups in total. The molecule has 0 saturated carbocycles. The zero-order valence-electron chi connectivity index (χ0n) is 46.1. The molecular weight excluding hydrogens is 1080 g/mol. The van der Waals surface area contributed by atoms with Gasteiger partial charge in [-0.25, -0.2) is 0 Å². The molecule has 2 aromatic heterocycles. The van der Waals surface area contributed by atoms with Crippen LogP contribution in [0, 0.1) is 13.8 Å². The third-order valence-electron chi connectivity index (χ3n) is 12.8. The van der Waals surface area contributed by atoms with E-state index < -0.39 is 60.9 Å². The first kappa shape index (κ1) is 59.0. The van der Waals surface area contributed by atoms with Gasteiger partial charge in [-0.1, -0.05) is 36.4 Å². The van der Waals surface area contributed by atoms with Crippen molar-refractivity contribution in [1.82, 2.24) is 30.0 Å². The lowest BCUT2D eigenvalue weighted by Gasteiger charge is -2.46. The predicted molar refractivity (Wildman–Crippen MR) is 300 cm³/mol. The van der Waals surface area contributed by atoms with E-state index in [0.29, 0.717) is 55.2 Å². The number of phenolic OH excluding ortho intramolecular Hbond substituents is 2. The summed E-state index contributed by atoms with van der Waals surface area (Å²) in [6.45, 7) is 20.8. The molecule has 4 aromatic carbocycles. The summed E-state index contributed by atoms with van der Waals surface area (Å²) in [4.78, 5) is 3.01. The predicted octanol–water partition coefficient (Wildman–Crippen LogP) is 9.38. The standard InChI is InChI=1S/C48H76N6O14Si7/c1-36(2)62-75(65-71(14,15)30-31-72(57-5)66-73(58-6,59-7)68-74(60-8,61-9)67-72,63-69(10,11)28-20-22-39-32-37(3)34-45(47(39)55)53-49-41-24-16-17-25-42(41)50-53)64-70(12,13)29-21-23-40-33-38(4)35-46(48(40)56)54-51-43-26-18-19-27-44(43)52-54/h16-19,24-27,32-36,55-56H,20-23,28-31H2,1-15H3. The Hall–Kier alpha value is -3.68. The molecule has 0 spiro atoms. The SMILES string of the molecule is CO[Si]1(CC[Si](C)(C)O[Si](OC(C)C)(O[Si](C)(C)CCCc2cc(C)cc(-n3nc4ccccc4n3)c2O)O[Si](C)(C)CCCc2cc(C)cc(-n3nc4ccccc4n3)c2O)O[Si](OC)(OC)O[Si](OC)(OC)O1. The molecule has 20 nitrogen and oxygen atoms in total. The highest BCUT2D eigenvalue weighted by Gasteiger charge is 2.71. The molecule has 6 aromatic rings. The van der Waals surface area contributed by atoms with E-state index in [1.54, 1.807) is 0 Å². The van der Waals surface area contributed by atoms with Crippen molar-refractivity contribution in [3.63, 3.8) is 0 Å². The van der Waals surface area contributed by atoms with Crippen LogP contribution in [0.2, 0.25) is 63.5 Å². The molecule has 0 aliphatic carbocycles. The number of hydrogen-bond acceptors (Lipinski definition) is 18. The molecule has 0 unspecified atom stereocenters. The van der Waals surface area contributed by atoms with Gasteiger partial charge in [0, 0.05) is 47.7 Å². The quantitative estimate of drug-likeness (QED) is 0.0484. The second kappa shape index (κ2) is 23.7. The van der Waals surface area contributed by atoms with Crippen LogP contribution in [-0.4, -0.2) is 143 Å². The lowest BCUT2D eigenvalue weighted by atomic mass is 10.0. The average molecular weight is 1160 g/mol. The summed E-state index contributed by atoms with van der Waals surface area (Å²) >= 11 is 0. The largest absolute Gasteiger partial charge is 0.665 e. The minimum atomic E-state index is -4.07. The van der Waals surface area contributed by atoms with Gasteiger partial charge in [-0.05, 0) is 169 Å². The van der Waals surface area contributed by atoms with Gasteiger partial charge in [-0.15, -0.1) is 30.0 Å². The van der Waals surface area contributed by atoms with Crippen LogP contribution in [0.25, 0.3) is 33.4 Å². The maximum atomic E-state index is 11.7. The average Bonchev–Trinajstić information content (AvgIpc) is 3.99. The number of benzene rings is 4. The Morgan fingerprint density at radius 2 is 0.893 bits per heavy atom. The fourth-order valence-electron chi connectivity index (χ4n) is 9.13. The Bertz CT molecular complexity index is 2670. The second-order valence-corrected chi connectivity index (χ2v) is 45.1. The topological polar surface area (TPSA) is 213 Å². The van der Waals surface area contributed by atoms with E-state index >= 15 is 0 Å². The molecular formula is C48H76N6O14Si7. The number of phenols is 2. The van der Waals surface area contributed by atoms with Crippen molar-refractivity contribution in [3.8, 4) is 22.9 Å². The number of fused-ring (bicyclic) bond motifs is 2. The Balaban J connectivity index is 1.15. The van der Waals surface area contributed by atoms with Gasteiger partial charge < -0.3 is 61.5 Å². The maximum absolute atomic E-state index is 11.7. The molecule has 27 heteroatoms. The van der Waals surface area contributed by atoms with Gasteiger partial charge >= 0.3 is 35.9 Å². The molecule has 7 rings (SSSR count). The van der Waals surface area contributed by atoms with E-state index in [1.807, 2.05) is 100 Å². The summed E-state index contributed by atoms with van der Waals surface area (Å²) < 4.78 is 77.6. The molecule has 1 aliphatic rings. The van der Waals surface area contributed by atoms with Crippen molar-refractivity contribution in [2.24, 2.45) is 0 Å². The summed E-state index contributed by atoms with van der Waals surface area (Å²) in [5.74, 6) is 0.285. The van der Waals surface area contributed by atoms with Crippen LogP contribution < -0.4 is 0 Å². The lowest BCUT2D eigenvalue weighted by Crippen LogP contribution is -2.74. The second-order valence-electron chi connectivity index (χ2n) is 21.0. The van der Waals surface area contributed by atoms with Gasteiger partial charge in [0.2, 0.25) is 0 Å². The Morgan fingerprint density at radius 1 is 0.533 bits per heavy atom. The van der Waals surface area contributed by atoms with Gasteiger partial charge in [-0.2, -0.15) is 0 Å². The summed E-state index contributed by atoms with van der Waals surface area (Å²) in [5.41, 5.74) is 7.58. The molecule has 1 saturated heterocycles. The van der Waals surface area contributed by atoms with E-state index in [9.17, 15) is 10.2 Å². The normalized spacial score (nSPS) is 16.2. The Morgan fingerprint density at radius 3 is 1.23 bits per heavy atom. The smallest absolute Gasteiger partial charge is 0.505 e. The highest BCUT2D eigenvalue weighted by atomic mass is 28.6.